The Bertz CT molecular complexity index is 1110. The Kier molecular flexibility index (Phi) is 6.66. The van der Waals surface area contributed by atoms with Crippen LogP contribution in [0.25, 0.3) is 0 Å². The zero-order valence-electron chi connectivity index (χ0n) is 18.7. The van der Waals surface area contributed by atoms with Crippen LogP contribution in [-0.4, -0.2) is 17.6 Å². The fourth-order valence-electron chi connectivity index (χ4n) is 4.15. The first-order valence-corrected chi connectivity index (χ1v) is 12.0. The monoisotopic (exact) mass is 444 g/mol. The highest BCUT2D eigenvalue weighted by atomic mass is 32.2. The molecular weight excluding hydrogens is 416 g/mol. The molecule has 1 aliphatic rings. The second-order valence-electron chi connectivity index (χ2n) is 8.13. The van der Waals surface area contributed by atoms with E-state index in [4.69, 9.17) is 0 Å². The molecule has 1 heterocycles. The van der Waals surface area contributed by atoms with E-state index in [-0.39, 0.29) is 23.1 Å². The molecule has 4 nitrogen and oxygen atoms in total. The fraction of sp³-hybridized carbons (Fsp3) is 0.259. The van der Waals surface area contributed by atoms with Crippen LogP contribution in [0.3, 0.4) is 0 Å². The number of amides is 2. The van der Waals surface area contributed by atoms with Gasteiger partial charge in [-0.3, -0.25) is 14.5 Å². The minimum Gasteiger partial charge on any atom is -0.326 e. The van der Waals surface area contributed by atoms with Gasteiger partial charge in [-0.25, -0.2) is 0 Å². The van der Waals surface area contributed by atoms with Gasteiger partial charge in [0.2, 0.25) is 11.8 Å². The van der Waals surface area contributed by atoms with Gasteiger partial charge in [0.1, 0.15) is 5.37 Å². The first-order valence-electron chi connectivity index (χ1n) is 10.9. The van der Waals surface area contributed by atoms with Crippen LogP contribution in [0.1, 0.15) is 46.9 Å². The van der Waals surface area contributed by atoms with Crippen LogP contribution in [0.4, 0.5) is 11.4 Å². The number of nitrogens with zero attached hydrogens (tertiary/aromatic N) is 1. The molecule has 5 heteroatoms. The van der Waals surface area contributed by atoms with Crippen molar-refractivity contribution in [3.8, 4) is 0 Å². The Morgan fingerprint density at radius 3 is 2.44 bits per heavy atom. The summed E-state index contributed by atoms with van der Waals surface area (Å²) in [4.78, 5) is 27.5. The summed E-state index contributed by atoms with van der Waals surface area (Å²) < 4.78 is 0. The summed E-state index contributed by atoms with van der Waals surface area (Å²) in [7, 11) is 0. The summed E-state index contributed by atoms with van der Waals surface area (Å²) in [5.41, 5.74) is 6.11. The van der Waals surface area contributed by atoms with Crippen LogP contribution in [0.2, 0.25) is 0 Å². The van der Waals surface area contributed by atoms with Crippen molar-refractivity contribution in [3.05, 3.63) is 95.1 Å². The molecule has 32 heavy (non-hydrogen) atoms. The predicted octanol–water partition coefficient (Wildman–Crippen LogP) is 6.21. The van der Waals surface area contributed by atoms with E-state index in [2.05, 4.69) is 25.2 Å². The van der Waals surface area contributed by atoms with Crippen molar-refractivity contribution in [1.82, 2.24) is 0 Å². The average molecular weight is 445 g/mol. The van der Waals surface area contributed by atoms with Crippen molar-refractivity contribution >= 4 is 35.0 Å². The third-order valence-corrected chi connectivity index (χ3v) is 7.31. The van der Waals surface area contributed by atoms with Crippen LogP contribution in [0.15, 0.2) is 72.8 Å². The summed E-state index contributed by atoms with van der Waals surface area (Å²) in [6.45, 7) is 6.15. The van der Waals surface area contributed by atoms with E-state index in [1.807, 2.05) is 78.6 Å². The molecule has 4 rings (SSSR count). The lowest BCUT2D eigenvalue weighted by Crippen LogP contribution is -2.28. The molecule has 0 radical (unpaired) electrons. The largest absolute Gasteiger partial charge is 0.326 e. The van der Waals surface area contributed by atoms with Gasteiger partial charge in [-0.05, 0) is 60.7 Å². The molecule has 3 aromatic rings. The van der Waals surface area contributed by atoms with Crippen molar-refractivity contribution in [2.45, 2.75) is 38.5 Å². The number of thioether (sulfide) groups is 1. The topological polar surface area (TPSA) is 49.4 Å². The Morgan fingerprint density at radius 1 is 1.03 bits per heavy atom. The SMILES string of the molecule is CC[C@H](C(=O)Nc1ccc([C@H]2SCC(=O)N2c2cccc(C)c2C)cc1)c1ccccc1. The van der Waals surface area contributed by atoms with Gasteiger partial charge in [0.15, 0.2) is 0 Å². The Balaban J connectivity index is 1.52. The van der Waals surface area contributed by atoms with E-state index in [9.17, 15) is 9.59 Å². The second-order valence-corrected chi connectivity index (χ2v) is 9.20. The molecule has 0 aromatic heterocycles. The number of hydrogen-bond donors (Lipinski definition) is 1. The van der Waals surface area contributed by atoms with Crippen LogP contribution in [0, 0.1) is 13.8 Å². The highest BCUT2D eigenvalue weighted by Gasteiger charge is 2.35. The van der Waals surface area contributed by atoms with Crippen LogP contribution >= 0.6 is 11.8 Å². The lowest BCUT2D eigenvalue weighted by Gasteiger charge is -2.26. The van der Waals surface area contributed by atoms with Crippen molar-refractivity contribution in [1.29, 1.82) is 0 Å². The van der Waals surface area contributed by atoms with E-state index in [0.29, 0.717) is 5.75 Å². The van der Waals surface area contributed by atoms with Crippen molar-refractivity contribution in [2.75, 3.05) is 16.0 Å². The van der Waals surface area contributed by atoms with Gasteiger partial charge in [0.05, 0.1) is 11.7 Å². The minimum atomic E-state index is -0.182. The Morgan fingerprint density at radius 2 is 1.75 bits per heavy atom. The first-order chi connectivity index (χ1) is 15.5. The molecule has 0 unspecified atom stereocenters. The first kappa shape index (κ1) is 22.2. The van der Waals surface area contributed by atoms with Crippen LogP contribution in [-0.2, 0) is 9.59 Å². The Hall–Kier alpha value is -3.05. The maximum absolute atomic E-state index is 12.9. The number of anilines is 2. The number of hydrogen-bond acceptors (Lipinski definition) is 3. The van der Waals surface area contributed by atoms with E-state index >= 15 is 0 Å². The van der Waals surface area contributed by atoms with Crippen molar-refractivity contribution < 1.29 is 9.59 Å². The molecule has 1 fully saturated rings. The maximum Gasteiger partial charge on any atom is 0.238 e. The van der Waals surface area contributed by atoms with E-state index in [0.717, 1.165) is 34.5 Å². The predicted molar refractivity (Wildman–Crippen MR) is 133 cm³/mol. The molecule has 1 N–H and O–H groups in total. The number of carbonyl (C=O) groups is 2. The van der Waals surface area contributed by atoms with Crippen molar-refractivity contribution in [2.24, 2.45) is 0 Å². The lowest BCUT2D eigenvalue weighted by molar-refractivity contribution is -0.118. The average Bonchev–Trinajstić information content (AvgIpc) is 3.18. The highest BCUT2D eigenvalue weighted by molar-refractivity contribution is 8.00. The second kappa shape index (κ2) is 9.61. The highest BCUT2D eigenvalue weighted by Crippen LogP contribution is 2.43. The minimum absolute atomic E-state index is 0.00567. The van der Waals surface area contributed by atoms with Gasteiger partial charge in [-0.2, -0.15) is 0 Å². The lowest BCUT2D eigenvalue weighted by atomic mass is 9.95. The molecule has 1 saturated heterocycles. The molecule has 0 spiro atoms. The van der Waals surface area contributed by atoms with Gasteiger partial charge in [0.25, 0.3) is 0 Å². The van der Waals surface area contributed by atoms with Gasteiger partial charge in [-0.1, -0.05) is 61.5 Å². The van der Waals surface area contributed by atoms with E-state index in [1.165, 1.54) is 5.56 Å². The number of benzene rings is 3. The Labute approximate surface area is 194 Å². The zero-order valence-corrected chi connectivity index (χ0v) is 19.5. The van der Waals surface area contributed by atoms with Gasteiger partial charge < -0.3 is 5.32 Å². The maximum atomic E-state index is 12.9. The quantitative estimate of drug-likeness (QED) is 0.491. The van der Waals surface area contributed by atoms with Crippen LogP contribution < -0.4 is 10.2 Å². The number of rotatable bonds is 6. The van der Waals surface area contributed by atoms with Gasteiger partial charge >= 0.3 is 0 Å². The van der Waals surface area contributed by atoms with E-state index < -0.39 is 0 Å². The van der Waals surface area contributed by atoms with Crippen LogP contribution in [0.5, 0.6) is 0 Å². The van der Waals surface area contributed by atoms with Crippen molar-refractivity contribution in [3.63, 3.8) is 0 Å². The molecular formula is C27H28N2O2S. The number of nitrogens with one attached hydrogen (secondary N) is 1. The molecule has 0 bridgehead atoms. The smallest absolute Gasteiger partial charge is 0.238 e. The van der Waals surface area contributed by atoms with E-state index in [1.54, 1.807) is 11.8 Å². The summed E-state index contributed by atoms with van der Waals surface area (Å²) >= 11 is 1.64. The molecule has 0 aliphatic carbocycles. The molecule has 0 saturated carbocycles. The zero-order chi connectivity index (χ0) is 22.7. The summed E-state index contributed by atoms with van der Waals surface area (Å²) in [5, 5.41) is 2.98. The molecule has 1 aliphatic heterocycles. The number of aryl methyl sites for hydroxylation is 1. The van der Waals surface area contributed by atoms with Gasteiger partial charge in [-0.15, -0.1) is 11.8 Å². The normalized spacial score (nSPS) is 16.8. The number of carbonyl (C=O) groups excluding carboxylic acids is 2. The van der Waals surface area contributed by atoms with Gasteiger partial charge in [0, 0.05) is 11.4 Å². The summed E-state index contributed by atoms with van der Waals surface area (Å²) in [6, 6.07) is 23.8. The standard InChI is InChI=1S/C27H28N2O2S/c1-4-23(20-10-6-5-7-11-20)26(31)28-22-15-13-21(14-16-22)27-29(25(30)17-32-27)24-12-8-9-18(2)19(24)3/h5-16,23,27H,4,17H2,1-3H3,(H,28,31)/t23-,27+/m0/s1. The third-order valence-electron chi connectivity index (χ3n) is 6.09. The molecule has 2 atom stereocenters. The molecule has 3 aromatic carbocycles. The fourth-order valence-corrected chi connectivity index (χ4v) is 5.32. The molecule has 164 valence electrons. The summed E-state index contributed by atoms with van der Waals surface area (Å²) in [6.07, 6.45) is 0.736. The summed E-state index contributed by atoms with van der Waals surface area (Å²) in [5.74, 6) is 0.401. The third kappa shape index (κ3) is 4.44. The molecule has 2 amide bonds.